The van der Waals surface area contributed by atoms with Crippen molar-refractivity contribution in [3.63, 3.8) is 0 Å². The molecule has 0 N–H and O–H groups in total. The molecule has 0 atom stereocenters. The van der Waals surface area contributed by atoms with Crippen LogP contribution in [0, 0.1) is 10.5 Å². The Labute approximate surface area is 202 Å². The summed E-state index contributed by atoms with van der Waals surface area (Å²) in [7, 11) is 0. The lowest BCUT2D eigenvalue weighted by Gasteiger charge is -2.37. The van der Waals surface area contributed by atoms with Crippen LogP contribution in [0.3, 0.4) is 0 Å². The molecule has 29 heavy (non-hydrogen) atoms. The molecule has 0 aromatic heterocycles. The molecule has 0 saturated heterocycles. The van der Waals surface area contributed by atoms with E-state index in [1.165, 1.54) is 31.4 Å². The zero-order valence-electron chi connectivity index (χ0n) is 15.9. The van der Waals surface area contributed by atoms with Gasteiger partial charge in [0.25, 0.3) is 0 Å². The predicted molar refractivity (Wildman–Crippen MR) is 138 cm³/mol. The fourth-order valence-corrected chi connectivity index (χ4v) is 4.79. The minimum absolute atomic E-state index is 0.403. The molecule has 0 aliphatic rings. The molecule has 0 amide bonds. The highest BCUT2D eigenvalue weighted by Crippen LogP contribution is 2.45. The summed E-state index contributed by atoms with van der Waals surface area (Å²) < 4.78 is 3.39. The zero-order valence-corrected chi connectivity index (χ0v) is 21.2. The SMILES string of the molecule is Cc1ccc(C(c2ccc(Br)cc2)(c2ccc(Br)cc2)c2ccc(I)cc2)cc1. The molecule has 0 fully saturated rings. The highest BCUT2D eigenvalue weighted by Gasteiger charge is 2.38. The van der Waals surface area contributed by atoms with Crippen LogP contribution in [0.15, 0.2) is 106 Å². The molecular weight excluding hydrogens is 599 g/mol. The minimum atomic E-state index is -0.403. The molecule has 0 aliphatic heterocycles. The molecule has 0 nitrogen and oxygen atoms in total. The Morgan fingerprint density at radius 2 is 0.828 bits per heavy atom. The van der Waals surface area contributed by atoms with Crippen LogP contribution in [0.5, 0.6) is 0 Å². The molecule has 4 aromatic carbocycles. The molecule has 3 heteroatoms. The molecule has 0 heterocycles. The van der Waals surface area contributed by atoms with E-state index in [1.54, 1.807) is 0 Å². The Bertz CT molecular complexity index is 910. The third-order valence-corrected chi connectivity index (χ3v) is 7.09. The highest BCUT2D eigenvalue weighted by molar-refractivity contribution is 14.1. The maximum absolute atomic E-state index is 3.60. The number of aryl methyl sites for hydroxylation is 1. The van der Waals surface area contributed by atoms with E-state index in [9.17, 15) is 0 Å². The van der Waals surface area contributed by atoms with Crippen LogP contribution in [-0.4, -0.2) is 0 Å². The quantitative estimate of drug-likeness (QED) is 0.159. The van der Waals surface area contributed by atoms with Crippen LogP contribution in [0.2, 0.25) is 0 Å². The first-order chi connectivity index (χ1) is 14.0. The Hall–Kier alpha value is -1.43. The van der Waals surface area contributed by atoms with Gasteiger partial charge in [0.2, 0.25) is 0 Å². The van der Waals surface area contributed by atoms with Crippen molar-refractivity contribution in [2.45, 2.75) is 12.3 Å². The topological polar surface area (TPSA) is 0 Å². The van der Waals surface area contributed by atoms with Gasteiger partial charge >= 0.3 is 0 Å². The van der Waals surface area contributed by atoms with Crippen molar-refractivity contribution in [2.75, 3.05) is 0 Å². The van der Waals surface area contributed by atoms with E-state index in [-0.39, 0.29) is 0 Å². The van der Waals surface area contributed by atoms with E-state index in [4.69, 9.17) is 0 Å². The molecule has 0 bridgehead atoms. The summed E-state index contributed by atoms with van der Waals surface area (Å²) in [4.78, 5) is 0. The van der Waals surface area contributed by atoms with Crippen LogP contribution in [0.1, 0.15) is 27.8 Å². The summed E-state index contributed by atoms with van der Waals surface area (Å²) in [5.74, 6) is 0. The fraction of sp³-hybridized carbons (Fsp3) is 0.0769. The van der Waals surface area contributed by atoms with E-state index >= 15 is 0 Å². The third-order valence-electron chi connectivity index (χ3n) is 5.32. The summed E-state index contributed by atoms with van der Waals surface area (Å²) in [6, 6.07) is 35.2. The molecule has 0 saturated carbocycles. The molecule has 0 aliphatic carbocycles. The second kappa shape index (κ2) is 8.75. The van der Waals surface area contributed by atoms with Gasteiger partial charge in [-0.25, -0.2) is 0 Å². The highest BCUT2D eigenvalue weighted by atomic mass is 127. The average Bonchev–Trinajstić information content (AvgIpc) is 2.73. The van der Waals surface area contributed by atoms with Crippen molar-refractivity contribution in [2.24, 2.45) is 0 Å². The van der Waals surface area contributed by atoms with Gasteiger partial charge in [-0.1, -0.05) is 98.1 Å². The van der Waals surface area contributed by atoms with E-state index < -0.39 is 5.41 Å². The fourth-order valence-electron chi connectivity index (χ4n) is 3.90. The lowest BCUT2D eigenvalue weighted by Crippen LogP contribution is -2.31. The molecule has 0 spiro atoms. The number of hydrogen-bond acceptors (Lipinski definition) is 0. The Morgan fingerprint density at radius 3 is 1.21 bits per heavy atom. The van der Waals surface area contributed by atoms with Crippen molar-refractivity contribution in [3.05, 3.63) is 137 Å². The summed E-state index contributed by atoms with van der Waals surface area (Å²) in [6.45, 7) is 2.13. The molecule has 4 rings (SSSR count). The summed E-state index contributed by atoms with van der Waals surface area (Å²) in [5, 5.41) is 0. The van der Waals surface area contributed by atoms with Gasteiger partial charge in [0.05, 0.1) is 5.41 Å². The van der Waals surface area contributed by atoms with Crippen LogP contribution in [-0.2, 0) is 5.41 Å². The normalized spacial score (nSPS) is 11.4. The van der Waals surface area contributed by atoms with Crippen molar-refractivity contribution >= 4 is 54.5 Å². The van der Waals surface area contributed by atoms with Crippen LogP contribution in [0.4, 0.5) is 0 Å². The smallest absolute Gasteiger partial charge is 0.0590 e. The molecule has 144 valence electrons. The zero-order chi connectivity index (χ0) is 20.4. The van der Waals surface area contributed by atoms with Crippen LogP contribution >= 0.6 is 54.5 Å². The molecular formula is C26H19Br2I. The number of rotatable bonds is 4. The van der Waals surface area contributed by atoms with Gasteiger partial charge < -0.3 is 0 Å². The van der Waals surface area contributed by atoms with E-state index in [0.29, 0.717) is 0 Å². The van der Waals surface area contributed by atoms with Crippen molar-refractivity contribution in [1.29, 1.82) is 0 Å². The average molecular weight is 618 g/mol. The first-order valence-corrected chi connectivity index (χ1v) is 12.0. The second-order valence-electron chi connectivity index (χ2n) is 7.14. The first kappa shape index (κ1) is 20.8. The first-order valence-electron chi connectivity index (χ1n) is 9.35. The number of benzene rings is 4. The largest absolute Gasteiger partial charge is 0.0701 e. The maximum Gasteiger partial charge on any atom is 0.0701 e. The third kappa shape index (κ3) is 4.10. The van der Waals surface area contributed by atoms with Gasteiger partial charge in [-0.2, -0.15) is 0 Å². The van der Waals surface area contributed by atoms with Gasteiger partial charge in [-0.3, -0.25) is 0 Å². The lowest BCUT2D eigenvalue weighted by molar-refractivity contribution is 0.744. The van der Waals surface area contributed by atoms with Crippen LogP contribution in [0.25, 0.3) is 0 Å². The maximum atomic E-state index is 3.60. The molecule has 0 radical (unpaired) electrons. The van der Waals surface area contributed by atoms with Gasteiger partial charge in [0, 0.05) is 12.5 Å². The van der Waals surface area contributed by atoms with Crippen molar-refractivity contribution < 1.29 is 0 Å². The van der Waals surface area contributed by atoms with Gasteiger partial charge in [-0.15, -0.1) is 0 Å². The monoisotopic (exact) mass is 616 g/mol. The van der Waals surface area contributed by atoms with Crippen molar-refractivity contribution in [3.8, 4) is 0 Å². The Balaban J connectivity index is 2.11. The van der Waals surface area contributed by atoms with Gasteiger partial charge in [0.15, 0.2) is 0 Å². The summed E-state index contributed by atoms with van der Waals surface area (Å²) in [5.41, 5.74) is 5.86. The van der Waals surface area contributed by atoms with Crippen LogP contribution < -0.4 is 0 Å². The van der Waals surface area contributed by atoms with E-state index in [1.807, 2.05) is 0 Å². The minimum Gasteiger partial charge on any atom is -0.0590 e. The predicted octanol–water partition coefficient (Wildman–Crippen LogP) is 8.51. The van der Waals surface area contributed by atoms with Gasteiger partial charge in [0.1, 0.15) is 0 Å². The second-order valence-corrected chi connectivity index (χ2v) is 10.2. The van der Waals surface area contributed by atoms with E-state index in [2.05, 4.69) is 158 Å². The summed E-state index contributed by atoms with van der Waals surface area (Å²) >= 11 is 9.57. The molecule has 0 unspecified atom stereocenters. The number of halogens is 3. The summed E-state index contributed by atoms with van der Waals surface area (Å²) in [6.07, 6.45) is 0. The van der Waals surface area contributed by atoms with Gasteiger partial charge in [-0.05, 0) is 88.2 Å². The Kier molecular flexibility index (Phi) is 6.28. The van der Waals surface area contributed by atoms with Crippen molar-refractivity contribution in [1.82, 2.24) is 0 Å². The van der Waals surface area contributed by atoms with E-state index in [0.717, 1.165) is 8.95 Å². The molecule has 4 aromatic rings. The lowest BCUT2D eigenvalue weighted by atomic mass is 9.65. The number of hydrogen-bond donors (Lipinski definition) is 0. The Morgan fingerprint density at radius 1 is 0.517 bits per heavy atom. The standard InChI is InChI=1S/C26H19Br2I/c1-18-2-4-19(5-3-18)26(20-6-12-23(27)13-7-20,21-8-14-24(28)15-9-21)22-10-16-25(29)17-11-22/h2-17H,1H3.